The van der Waals surface area contributed by atoms with Crippen LogP contribution in [-0.2, 0) is 0 Å². The van der Waals surface area contributed by atoms with Gasteiger partial charge in [0.15, 0.2) is 0 Å². The lowest BCUT2D eigenvalue weighted by Gasteiger charge is -2.34. The van der Waals surface area contributed by atoms with Gasteiger partial charge in [-0.1, -0.05) is 6.92 Å². The van der Waals surface area contributed by atoms with Gasteiger partial charge >= 0.3 is 0 Å². The second-order valence-electron chi connectivity index (χ2n) is 5.22. The second-order valence-corrected chi connectivity index (χ2v) is 5.22. The van der Waals surface area contributed by atoms with E-state index in [1.165, 1.54) is 18.2 Å². The summed E-state index contributed by atoms with van der Waals surface area (Å²) in [6, 6.07) is 4.13. The zero-order valence-electron chi connectivity index (χ0n) is 11.7. The Morgan fingerprint density at radius 1 is 1.57 bits per heavy atom. The molecule has 0 spiro atoms. The van der Waals surface area contributed by atoms with Crippen molar-refractivity contribution in [1.29, 1.82) is 0 Å². The summed E-state index contributed by atoms with van der Waals surface area (Å²) in [5.74, 6) is 4.92. The summed E-state index contributed by atoms with van der Waals surface area (Å²) in [4.78, 5) is 24.4. The molecule has 1 amide bonds. The van der Waals surface area contributed by atoms with E-state index in [1.807, 2.05) is 6.92 Å². The number of aliphatic hydroxyl groups excluding tert-OH is 1. The fourth-order valence-corrected chi connectivity index (χ4v) is 2.44. The topological polar surface area (TPSA) is 122 Å². The Morgan fingerprint density at radius 3 is 2.86 bits per heavy atom. The molecule has 2 unspecified atom stereocenters. The van der Waals surface area contributed by atoms with Crippen molar-refractivity contribution in [1.82, 2.24) is 4.90 Å². The number of aliphatic hydroxyl groups is 1. The molecule has 0 radical (unpaired) electrons. The molecule has 114 valence electrons. The van der Waals surface area contributed by atoms with E-state index in [0.717, 1.165) is 0 Å². The van der Waals surface area contributed by atoms with E-state index in [-0.39, 0.29) is 28.8 Å². The number of piperidine rings is 1. The van der Waals surface area contributed by atoms with Gasteiger partial charge < -0.3 is 15.4 Å². The number of likely N-dealkylation sites (tertiary alicyclic amines) is 1. The van der Waals surface area contributed by atoms with Crippen LogP contribution in [0.2, 0.25) is 0 Å². The van der Waals surface area contributed by atoms with E-state index in [1.54, 1.807) is 4.90 Å². The minimum absolute atomic E-state index is 0.0114. The van der Waals surface area contributed by atoms with Gasteiger partial charge in [0.1, 0.15) is 5.69 Å². The maximum absolute atomic E-state index is 12.4. The fraction of sp³-hybridized carbons (Fsp3) is 0.462. The molecule has 8 heteroatoms. The molecule has 1 aromatic rings. The highest BCUT2D eigenvalue weighted by atomic mass is 16.6. The van der Waals surface area contributed by atoms with Crippen LogP contribution in [0.1, 0.15) is 23.7 Å². The monoisotopic (exact) mass is 294 g/mol. The zero-order valence-corrected chi connectivity index (χ0v) is 11.7. The van der Waals surface area contributed by atoms with Gasteiger partial charge in [-0.25, -0.2) is 0 Å². The Balaban J connectivity index is 2.23. The molecule has 1 aliphatic rings. The number of hydrogen-bond acceptors (Lipinski definition) is 6. The lowest BCUT2D eigenvalue weighted by molar-refractivity contribution is -0.384. The zero-order chi connectivity index (χ0) is 15.6. The van der Waals surface area contributed by atoms with Crippen molar-refractivity contribution >= 4 is 17.3 Å². The Hall–Kier alpha value is -2.19. The Morgan fingerprint density at radius 2 is 2.29 bits per heavy atom. The predicted octanol–water partition coefficient (Wildman–Crippen LogP) is 0.723. The van der Waals surface area contributed by atoms with Crippen LogP contribution in [0, 0.1) is 16.0 Å². The third-order valence-electron chi connectivity index (χ3n) is 3.74. The molecular weight excluding hydrogens is 276 g/mol. The number of amides is 1. The largest absolute Gasteiger partial charge is 0.393 e. The van der Waals surface area contributed by atoms with Crippen molar-refractivity contribution in [2.45, 2.75) is 19.4 Å². The first-order chi connectivity index (χ1) is 9.93. The molecule has 1 aromatic carbocycles. The normalized spacial score (nSPS) is 22.0. The number of nitrogens with zero attached hydrogens (tertiary/aromatic N) is 2. The number of nitrogen functional groups attached to an aromatic ring is 1. The molecule has 1 aliphatic heterocycles. The van der Waals surface area contributed by atoms with Crippen LogP contribution in [0.25, 0.3) is 0 Å². The van der Waals surface area contributed by atoms with Gasteiger partial charge in [-0.05, 0) is 24.5 Å². The van der Waals surface area contributed by atoms with E-state index >= 15 is 0 Å². The molecule has 1 fully saturated rings. The summed E-state index contributed by atoms with van der Waals surface area (Å²) >= 11 is 0. The molecule has 2 rings (SSSR count). The van der Waals surface area contributed by atoms with Gasteiger partial charge in [0, 0.05) is 24.7 Å². The fourth-order valence-electron chi connectivity index (χ4n) is 2.44. The Kier molecular flexibility index (Phi) is 4.39. The number of hydrogen-bond donors (Lipinski definition) is 3. The summed E-state index contributed by atoms with van der Waals surface area (Å²) in [6.45, 7) is 2.74. The maximum atomic E-state index is 12.4. The van der Waals surface area contributed by atoms with Gasteiger partial charge in [-0.2, -0.15) is 0 Å². The highest BCUT2D eigenvalue weighted by Crippen LogP contribution is 2.26. The number of benzene rings is 1. The van der Waals surface area contributed by atoms with E-state index in [9.17, 15) is 20.0 Å². The number of nitro groups is 1. The minimum Gasteiger partial charge on any atom is -0.393 e. The van der Waals surface area contributed by atoms with Crippen LogP contribution in [-0.4, -0.2) is 40.0 Å². The maximum Gasteiger partial charge on any atom is 0.294 e. The first-order valence-electron chi connectivity index (χ1n) is 6.66. The van der Waals surface area contributed by atoms with Crippen molar-refractivity contribution in [3.63, 3.8) is 0 Å². The summed E-state index contributed by atoms with van der Waals surface area (Å²) in [5, 5.41) is 20.7. The van der Waals surface area contributed by atoms with Gasteiger partial charge in [-0.3, -0.25) is 20.8 Å². The third kappa shape index (κ3) is 3.11. The predicted molar refractivity (Wildman–Crippen MR) is 76.6 cm³/mol. The van der Waals surface area contributed by atoms with Crippen molar-refractivity contribution in [3.8, 4) is 0 Å². The first kappa shape index (κ1) is 15.2. The molecule has 4 N–H and O–H groups in total. The molecule has 0 aliphatic carbocycles. The average molecular weight is 294 g/mol. The van der Waals surface area contributed by atoms with Crippen LogP contribution < -0.4 is 11.3 Å². The number of nitrogens with two attached hydrogens (primary N) is 1. The van der Waals surface area contributed by atoms with Crippen LogP contribution in [0.5, 0.6) is 0 Å². The standard InChI is InChI=1S/C13H18N4O4/c1-8-7-16(5-4-12(8)18)13(19)9-2-3-10(15-14)11(6-9)17(20)21/h2-3,6,8,12,15,18H,4-5,7,14H2,1H3. The average Bonchev–Trinajstić information content (AvgIpc) is 2.48. The molecule has 0 aromatic heterocycles. The van der Waals surface area contributed by atoms with E-state index in [4.69, 9.17) is 5.84 Å². The number of carbonyl (C=O) groups is 1. The third-order valence-corrected chi connectivity index (χ3v) is 3.74. The van der Waals surface area contributed by atoms with E-state index in [0.29, 0.717) is 19.5 Å². The first-order valence-corrected chi connectivity index (χ1v) is 6.66. The smallest absolute Gasteiger partial charge is 0.294 e. The van der Waals surface area contributed by atoms with Gasteiger partial charge in [-0.15, -0.1) is 0 Å². The second kappa shape index (κ2) is 6.06. The van der Waals surface area contributed by atoms with E-state index < -0.39 is 11.0 Å². The summed E-state index contributed by atoms with van der Waals surface area (Å²) < 4.78 is 0. The molecule has 21 heavy (non-hydrogen) atoms. The molecule has 8 nitrogen and oxygen atoms in total. The van der Waals surface area contributed by atoms with Crippen LogP contribution in [0.3, 0.4) is 0 Å². The SMILES string of the molecule is CC1CN(C(=O)c2ccc(NN)c([N+](=O)[O-])c2)CCC1O. The minimum atomic E-state index is -0.589. The van der Waals surface area contributed by atoms with E-state index in [2.05, 4.69) is 5.43 Å². The lowest BCUT2D eigenvalue weighted by Crippen LogP contribution is -2.44. The Labute approximate surface area is 121 Å². The Bertz CT molecular complexity index is 563. The molecule has 1 heterocycles. The lowest BCUT2D eigenvalue weighted by atomic mass is 9.96. The number of hydrazine groups is 1. The van der Waals surface area contributed by atoms with Crippen LogP contribution in [0.15, 0.2) is 18.2 Å². The van der Waals surface area contributed by atoms with Crippen molar-refractivity contribution in [2.24, 2.45) is 11.8 Å². The van der Waals surface area contributed by atoms with Crippen molar-refractivity contribution < 1.29 is 14.8 Å². The number of nitrogens with one attached hydrogen (secondary N) is 1. The highest BCUT2D eigenvalue weighted by Gasteiger charge is 2.28. The summed E-state index contributed by atoms with van der Waals surface area (Å²) in [7, 11) is 0. The molecule has 0 saturated carbocycles. The molecule has 1 saturated heterocycles. The number of nitro benzene ring substituents is 1. The van der Waals surface area contributed by atoms with Gasteiger partial charge in [0.05, 0.1) is 11.0 Å². The quantitative estimate of drug-likeness (QED) is 0.429. The van der Waals surface area contributed by atoms with Crippen LogP contribution in [0.4, 0.5) is 11.4 Å². The molecule has 2 atom stereocenters. The summed E-state index contributed by atoms with van der Waals surface area (Å²) in [5.41, 5.74) is 2.39. The van der Waals surface area contributed by atoms with Gasteiger partial charge in [0.25, 0.3) is 11.6 Å². The van der Waals surface area contributed by atoms with Crippen LogP contribution >= 0.6 is 0 Å². The molecule has 0 bridgehead atoms. The molecular formula is C13H18N4O4. The van der Waals surface area contributed by atoms with Crippen molar-refractivity contribution in [3.05, 3.63) is 33.9 Å². The van der Waals surface area contributed by atoms with Crippen molar-refractivity contribution in [2.75, 3.05) is 18.5 Å². The number of carbonyl (C=O) groups excluding carboxylic acids is 1. The van der Waals surface area contributed by atoms with Gasteiger partial charge in [0.2, 0.25) is 0 Å². The number of anilines is 1. The number of rotatable bonds is 3. The summed E-state index contributed by atoms with van der Waals surface area (Å²) in [6.07, 6.45) is 0.101. The highest BCUT2D eigenvalue weighted by molar-refractivity contribution is 5.95.